The molecule has 0 aliphatic rings. The average Bonchev–Trinajstić information content (AvgIpc) is 2.59. The second-order valence-corrected chi connectivity index (χ2v) is 6.06. The van der Waals surface area contributed by atoms with Gasteiger partial charge in [0.1, 0.15) is 0 Å². The molecule has 6 heteroatoms. The van der Waals surface area contributed by atoms with Crippen molar-refractivity contribution in [2.24, 2.45) is 0 Å². The van der Waals surface area contributed by atoms with Crippen LogP contribution < -0.4 is 10.6 Å². The van der Waals surface area contributed by atoms with E-state index in [1.807, 2.05) is 49.4 Å². The second kappa shape index (κ2) is 10.0. The number of urea groups is 1. The molecule has 2 N–H and O–H groups in total. The molecule has 0 radical (unpaired) electrons. The van der Waals surface area contributed by atoms with Crippen LogP contribution in [0.1, 0.15) is 24.1 Å². The molecule has 1 unspecified atom stereocenters. The van der Waals surface area contributed by atoms with Gasteiger partial charge in [-0.3, -0.25) is 0 Å². The largest absolute Gasteiger partial charge is 0.382 e. The Labute approximate surface area is 153 Å². The standard InChI is InChI=1S/C19H23ClN2O3/c1-14(16-6-4-7-17(20)12-16)21-19(23)22-18-8-3-5-15(11-18)13-25-10-9-24-2/h3-8,11-12,14H,9-10,13H2,1-2H3,(H2,21,22,23). The van der Waals surface area contributed by atoms with Gasteiger partial charge in [0.05, 0.1) is 25.9 Å². The highest BCUT2D eigenvalue weighted by atomic mass is 35.5. The van der Waals surface area contributed by atoms with Crippen molar-refractivity contribution in [2.45, 2.75) is 19.6 Å². The number of benzene rings is 2. The number of carbonyl (C=O) groups is 1. The zero-order valence-corrected chi connectivity index (χ0v) is 15.2. The molecule has 134 valence electrons. The highest BCUT2D eigenvalue weighted by Crippen LogP contribution is 2.18. The topological polar surface area (TPSA) is 59.6 Å². The maximum Gasteiger partial charge on any atom is 0.319 e. The van der Waals surface area contributed by atoms with Crippen molar-refractivity contribution >= 4 is 23.3 Å². The summed E-state index contributed by atoms with van der Waals surface area (Å²) >= 11 is 5.99. The first-order chi connectivity index (χ1) is 12.1. The molecule has 2 amide bonds. The summed E-state index contributed by atoms with van der Waals surface area (Å²) in [5.74, 6) is 0. The van der Waals surface area contributed by atoms with Gasteiger partial charge >= 0.3 is 6.03 Å². The zero-order valence-electron chi connectivity index (χ0n) is 14.4. The quantitative estimate of drug-likeness (QED) is 0.685. The number of hydrogen-bond acceptors (Lipinski definition) is 3. The fourth-order valence-corrected chi connectivity index (χ4v) is 2.49. The van der Waals surface area contributed by atoms with Crippen molar-refractivity contribution in [1.82, 2.24) is 5.32 Å². The number of amides is 2. The Hall–Kier alpha value is -2.08. The van der Waals surface area contributed by atoms with Crippen molar-refractivity contribution < 1.29 is 14.3 Å². The number of anilines is 1. The first-order valence-corrected chi connectivity index (χ1v) is 8.45. The Bertz CT molecular complexity index is 694. The van der Waals surface area contributed by atoms with Crippen LogP contribution in [0.2, 0.25) is 5.02 Å². The molecule has 1 atom stereocenters. The first-order valence-electron chi connectivity index (χ1n) is 8.07. The maximum atomic E-state index is 12.2. The molecule has 5 nitrogen and oxygen atoms in total. The van der Waals surface area contributed by atoms with E-state index in [2.05, 4.69) is 10.6 Å². The van der Waals surface area contributed by atoms with E-state index in [9.17, 15) is 4.79 Å². The molecule has 0 fully saturated rings. The van der Waals surface area contributed by atoms with Crippen molar-refractivity contribution in [3.05, 3.63) is 64.7 Å². The Morgan fingerprint density at radius 3 is 2.72 bits per heavy atom. The highest BCUT2D eigenvalue weighted by molar-refractivity contribution is 6.30. The van der Waals surface area contributed by atoms with Crippen LogP contribution in [0.15, 0.2) is 48.5 Å². The molecule has 0 aliphatic heterocycles. The monoisotopic (exact) mass is 362 g/mol. The van der Waals surface area contributed by atoms with E-state index in [1.165, 1.54) is 0 Å². The normalized spacial score (nSPS) is 11.8. The predicted octanol–water partition coefficient (Wildman–Crippen LogP) is 4.39. The van der Waals surface area contributed by atoms with E-state index in [4.69, 9.17) is 21.1 Å². The molecule has 2 rings (SSSR count). The van der Waals surface area contributed by atoms with Crippen molar-refractivity contribution in [3.8, 4) is 0 Å². The molecular formula is C19H23ClN2O3. The number of nitrogens with one attached hydrogen (secondary N) is 2. The summed E-state index contributed by atoms with van der Waals surface area (Å²) in [6, 6.07) is 14.6. The van der Waals surface area contributed by atoms with Crippen molar-refractivity contribution in [3.63, 3.8) is 0 Å². The zero-order chi connectivity index (χ0) is 18.1. The SMILES string of the molecule is COCCOCc1cccc(NC(=O)NC(C)c2cccc(Cl)c2)c1. The average molecular weight is 363 g/mol. The highest BCUT2D eigenvalue weighted by Gasteiger charge is 2.10. The minimum atomic E-state index is -0.273. The molecule has 0 heterocycles. The van der Waals surface area contributed by atoms with E-state index in [-0.39, 0.29) is 12.1 Å². The van der Waals surface area contributed by atoms with Gasteiger partial charge < -0.3 is 20.1 Å². The third kappa shape index (κ3) is 6.74. The van der Waals surface area contributed by atoms with Crippen LogP contribution in [0, 0.1) is 0 Å². The summed E-state index contributed by atoms with van der Waals surface area (Å²) in [6.07, 6.45) is 0. The number of ether oxygens (including phenoxy) is 2. The minimum absolute atomic E-state index is 0.153. The molecule has 0 bridgehead atoms. The summed E-state index contributed by atoms with van der Waals surface area (Å²) in [6.45, 7) is 3.47. The lowest BCUT2D eigenvalue weighted by Crippen LogP contribution is -2.31. The summed E-state index contributed by atoms with van der Waals surface area (Å²) in [4.78, 5) is 12.2. The number of rotatable bonds is 8. The Balaban J connectivity index is 1.87. The van der Waals surface area contributed by atoms with Crippen LogP contribution in [-0.2, 0) is 16.1 Å². The Morgan fingerprint density at radius 1 is 1.16 bits per heavy atom. The fourth-order valence-electron chi connectivity index (χ4n) is 2.29. The number of halogens is 1. The molecule has 0 saturated carbocycles. The van der Waals surface area contributed by atoms with Crippen LogP contribution in [0.3, 0.4) is 0 Å². The second-order valence-electron chi connectivity index (χ2n) is 5.62. The summed E-state index contributed by atoms with van der Waals surface area (Å²) in [5, 5.41) is 6.38. The van der Waals surface area contributed by atoms with Crippen LogP contribution in [-0.4, -0.2) is 26.4 Å². The minimum Gasteiger partial charge on any atom is -0.382 e. The molecule has 2 aromatic carbocycles. The van der Waals surface area contributed by atoms with Crippen LogP contribution >= 0.6 is 11.6 Å². The van der Waals surface area contributed by atoms with E-state index < -0.39 is 0 Å². The molecule has 0 saturated heterocycles. The van der Waals surface area contributed by atoms with Crippen LogP contribution in [0.25, 0.3) is 0 Å². The van der Waals surface area contributed by atoms with Gasteiger partial charge in [-0.05, 0) is 42.3 Å². The summed E-state index contributed by atoms with van der Waals surface area (Å²) in [7, 11) is 1.64. The lowest BCUT2D eigenvalue weighted by Gasteiger charge is -2.15. The predicted molar refractivity (Wildman–Crippen MR) is 100.0 cm³/mol. The van der Waals surface area contributed by atoms with Gasteiger partial charge in [0.2, 0.25) is 0 Å². The molecule has 0 aromatic heterocycles. The molecule has 2 aromatic rings. The lowest BCUT2D eigenvalue weighted by atomic mass is 10.1. The van der Waals surface area contributed by atoms with Gasteiger partial charge in [-0.25, -0.2) is 4.79 Å². The van der Waals surface area contributed by atoms with Crippen molar-refractivity contribution in [2.75, 3.05) is 25.6 Å². The van der Waals surface area contributed by atoms with Gasteiger partial charge in [-0.2, -0.15) is 0 Å². The van der Waals surface area contributed by atoms with E-state index in [0.717, 1.165) is 11.1 Å². The van der Waals surface area contributed by atoms with Crippen LogP contribution in [0.5, 0.6) is 0 Å². The van der Waals surface area contributed by atoms with Gasteiger partial charge in [-0.1, -0.05) is 35.9 Å². The fraction of sp³-hybridized carbons (Fsp3) is 0.316. The van der Waals surface area contributed by atoms with Gasteiger partial charge in [0, 0.05) is 17.8 Å². The number of hydrogen-bond donors (Lipinski definition) is 2. The smallest absolute Gasteiger partial charge is 0.319 e. The van der Waals surface area contributed by atoms with Gasteiger partial charge in [0.15, 0.2) is 0 Å². The maximum absolute atomic E-state index is 12.2. The first kappa shape index (κ1) is 19.2. The number of methoxy groups -OCH3 is 1. The number of carbonyl (C=O) groups excluding carboxylic acids is 1. The molecule has 0 spiro atoms. The Morgan fingerprint density at radius 2 is 1.96 bits per heavy atom. The van der Waals surface area contributed by atoms with Gasteiger partial charge in [-0.15, -0.1) is 0 Å². The van der Waals surface area contributed by atoms with Crippen molar-refractivity contribution in [1.29, 1.82) is 0 Å². The molecule has 25 heavy (non-hydrogen) atoms. The molecular weight excluding hydrogens is 340 g/mol. The van der Waals surface area contributed by atoms with E-state index in [1.54, 1.807) is 13.2 Å². The Kier molecular flexibility index (Phi) is 7.73. The molecule has 0 aliphatic carbocycles. The van der Waals surface area contributed by atoms with E-state index in [0.29, 0.717) is 30.5 Å². The third-order valence-electron chi connectivity index (χ3n) is 3.58. The third-order valence-corrected chi connectivity index (χ3v) is 3.82. The summed E-state index contributed by atoms with van der Waals surface area (Å²) in [5.41, 5.74) is 2.64. The van der Waals surface area contributed by atoms with Gasteiger partial charge in [0.25, 0.3) is 0 Å². The lowest BCUT2D eigenvalue weighted by molar-refractivity contribution is 0.0617. The van der Waals surface area contributed by atoms with Crippen LogP contribution in [0.4, 0.5) is 10.5 Å². The van der Waals surface area contributed by atoms with E-state index >= 15 is 0 Å². The summed E-state index contributed by atoms with van der Waals surface area (Å²) < 4.78 is 10.4.